The van der Waals surface area contributed by atoms with Gasteiger partial charge >= 0.3 is 0 Å². The summed E-state index contributed by atoms with van der Waals surface area (Å²) in [6.07, 6.45) is 3.35. The van der Waals surface area contributed by atoms with E-state index in [0.29, 0.717) is 35.0 Å². The van der Waals surface area contributed by atoms with Gasteiger partial charge in [0.05, 0.1) is 11.4 Å². The molecule has 123 valence electrons. The maximum Gasteiger partial charge on any atom is 0.245 e. The molecule has 0 atom stereocenters. The smallest absolute Gasteiger partial charge is 0.245 e. The second-order valence-corrected chi connectivity index (χ2v) is 5.87. The van der Waals surface area contributed by atoms with Crippen molar-refractivity contribution in [3.8, 4) is 23.2 Å². The van der Waals surface area contributed by atoms with E-state index in [0.717, 1.165) is 11.4 Å². The molecule has 3 aromatic rings. The van der Waals surface area contributed by atoms with Crippen LogP contribution in [0.25, 0.3) is 23.2 Å². The van der Waals surface area contributed by atoms with Crippen LogP contribution in [0.1, 0.15) is 50.9 Å². The average molecular weight is 356 g/mol. The summed E-state index contributed by atoms with van der Waals surface area (Å²) in [6, 6.07) is 5.63. The number of nitrogens with zero attached hydrogens (tertiary/aromatic N) is 3. The SMILES string of the molecule is CC(C)c1coc(-c2cccc(-c3nc(C(C)C)co3)n2)n1.[Co]. The van der Waals surface area contributed by atoms with Gasteiger partial charge in [-0.1, -0.05) is 33.8 Å². The summed E-state index contributed by atoms with van der Waals surface area (Å²) in [4.78, 5) is 13.5. The Morgan fingerprint density at radius 2 is 1.17 bits per heavy atom. The summed E-state index contributed by atoms with van der Waals surface area (Å²) in [7, 11) is 0. The molecule has 0 fully saturated rings. The van der Waals surface area contributed by atoms with E-state index in [2.05, 4.69) is 42.6 Å². The van der Waals surface area contributed by atoms with E-state index in [-0.39, 0.29) is 16.8 Å². The van der Waals surface area contributed by atoms with Crippen LogP contribution in [0.5, 0.6) is 0 Å². The van der Waals surface area contributed by atoms with Crippen LogP contribution in [-0.4, -0.2) is 15.0 Å². The zero-order valence-corrected chi connectivity index (χ0v) is 14.6. The minimum Gasteiger partial charge on any atom is -0.443 e. The number of hydrogen-bond donors (Lipinski definition) is 0. The van der Waals surface area contributed by atoms with E-state index >= 15 is 0 Å². The van der Waals surface area contributed by atoms with Crippen molar-refractivity contribution in [2.45, 2.75) is 39.5 Å². The molecule has 23 heavy (non-hydrogen) atoms. The molecule has 0 bridgehead atoms. The molecule has 0 N–H and O–H groups in total. The Bertz CT molecular complexity index is 716. The topological polar surface area (TPSA) is 65.0 Å². The first-order valence-corrected chi connectivity index (χ1v) is 7.43. The Labute approximate surface area is 145 Å². The summed E-state index contributed by atoms with van der Waals surface area (Å²) in [5.74, 6) is 1.67. The third-order valence-electron chi connectivity index (χ3n) is 3.41. The summed E-state index contributed by atoms with van der Waals surface area (Å²) in [5.41, 5.74) is 3.18. The Morgan fingerprint density at radius 3 is 1.52 bits per heavy atom. The first kappa shape index (κ1) is 17.4. The van der Waals surface area contributed by atoms with E-state index in [4.69, 9.17) is 8.83 Å². The van der Waals surface area contributed by atoms with Crippen molar-refractivity contribution in [2.24, 2.45) is 0 Å². The van der Waals surface area contributed by atoms with Gasteiger partial charge in [0.15, 0.2) is 0 Å². The molecule has 0 amide bonds. The molecular formula is C17H19CoN3O2. The number of rotatable bonds is 4. The molecular weight excluding hydrogens is 337 g/mol. The second kappa shape index (κ2) is 7.10. The van der Waals surface area contributed by atoms with Crippen LogP contribution in [0.3, 0.4) is 0 Å². The van der Waals surface area contributed by atoms with E-state index in [1.807, 2.05) is 18.2 Å². The van der Waals surface area contributed by atoms with Crippen LogP contribution >= 0.6 is 0 Å². The van der Waals surface area contributed by atoms with Gasteiger partial charge in [-0.05, 0) is 24.0 Å². The van der Waals surface area contributed by atoms with Crippen LogP contribution in [-0.2, 0) is 16.8 Å². The van der Waals surface area contributed by atoms with Crippen molar-refractivity contribution in [3.05, 3.63) is 42.1 Å². The molecule has 0 aromatic carbocycles. The van der Waals surface area contributed by atoms with Crippen LogP contribution < -0.4 is 0 Å². The van der Waals surface area contributed by atoms with E-state index < -0.39 is 0 Å². The zero-order valence-electron chi connectivity index (χ0n) is 13.5. The first-order valence-electron chi connectivity index (χ1n) is 7.43. The normalized spacial score (nSPS) is 11.0. The molecule has 0 unspecified atom stereocenters. The fraction of sp³-hybridized carbons (Fsp3) is 0.353. The van der Waals surface area contributed by atoms with Crippen molar-refractivity contribution in [3.63, 3.8) is 0 Å². The zero-order chi connectivity index (χ0) is 15.7. The Balaban J connectivity index is 0.00000192. The molecule has 0 aliphatic rings. The summed E-state index contributed by atoms with van der Waals surface area (Å²) >= 11 is 0. The van der Waals surface area contributed by atoms with Crippen LogP contribution in [0, 0.1) is 0 Å². The molecule has 0 aliphatic carbocycles. The van der Waals surface area contributed by atoms with Gasteiger partial charge in [0.1, 0.15) is 23.9 Å². The molecule has 5 nitrogen and oxygen atoms in total. The third-order valence-corrected chi connectivity index (χ3v) is 3.41. The van der Waals surface area contributed by atoms with Gasteiger partial charge in [-0.15, -0.1) is 0 Å². The predicted octanol–water partition coefficient (Wildman–Crippen LogP) is 4.64. The van der Waals surface area contributed by atoms with Gasteiger partial charge < -0.3 is 8.83 Å². The maximum atomic E-state index is 5.52. The third kappa shape index (κ3) is 3.71. The molecule has 0 saturated carbocycles. The summed E-state index contributed by atoms with van der Waals surface area (Å²) in [5, 5.41) is 0. The second-order valence-electron chi connectivity index (χ2n) is 5.87. The molecule has 1 radical (unpaired) electrons. The fourth-order valence-electron chi connectivity index (χ4n) is 2.01. The Morgan fingerprint density at radius 1 is 0.739 bits per heavy atom. The van der Waals surface area contributed by atoms with Gasteiger partial charge in [-0.3, -0.25) is 0 Å². The monoisotopic (exact) mass is 356 g/mol. The van der Waals surface area contributed by atoms with Crippen LogP contribution in [0.15, 0.2) is 39.6 Å². The van der Waals surface area contributed by atoms with E-state index in [1.165, 1.54) is 0 Å². The molecule has 0 saturated heterocycles. The van der Waals surface area contributed by atoms with Gasteiger partial charge in [0.2, 0.25) is 11.8 Å². The molecule has 0 spiro atoms. The van der Waals surface area contributed by atoms with Crippen molar-refractivity contribution in [1.29, 1.82) is 0 Å². The minimum atomic E-state index is 0. The molecule has 0 aliphatic heterocycles. The molecule has 6 heteroatoms. The summed E-state index contributed by atoms with van der Waals surface area (Å²) < 4.78 is 11.0. The first-order chi connectivity index (χ1) is 10.5. The van der Waals surface area contributed by atoms with Gasteiger partial charge in [0.25, 0.3) is 0 Å². The molecule has 3 aromatic heterocycles. The number of aromatic nitrogens is 3. The van der Waals surface area contributed by atoms with Crippen LogP contribution in [0.2, 0.25) is 0 Å². The van der Waals surface area contributed by atoms with Crippen molar-refractivity contribution in [2.75, 3.05) is 0 Å². The Hall–Kier alpha value is -1.92. The maximum absolute atomic E-state index is 5.52. The number of hydrogen-bond acceptors (Lipinski definition) is 5. The van der Waals surface area contributed by atoms with Crippen molar-refractivity contribution in [1.82, 2.24) is 15.0 Å². The van der Waals surface area contributed by atoms with E-state index in [9.17, 15) is 0 Å². The quantitative estimate of drug-likeness (QED) is 0.682. The number of oxazole rings is 2. The van der Waals surface area contributed by atoms with Crippen LogP contribution in [0.4, 0.5) is 0 Å². The van der Waals surface area contributed by atoms with Gasteiger partial charge in [-0.25, -0.2) is 15.0 Å². The van der Waals surface area contributed by atoms with E-state index in [1.54, 1.807) is 12.5 Å². The summed E-state index contributed by atoms with van der Waals surface area (Å²) in [6.45, 7) is 8.30. The largest absolute Gasteiger partial charge is 0.443 e. The molecule has 3 rings (SSSR count). The van der Waals surface area contributed by atoms with Gasteiger partial charge in [0, 0.05) is 16.8 Å². The average Bonchev–Trinajstić information content (AvgIpc) is 3.17. The molecule has 3 heterocycles. The van der Waals surface area contributed by atoms with Gasteiger partial charge in [-0.2, -0.15) is 0 Å². The number of pyridine rings is 1. The Kier molecular flexibility index (Phi) is 5.38. The minimum absolute atomic E-state index is 0. The van der Waals surface area contributed by atoms with Crippen molar-refractivity contribution < 1.29 is 25.6 Å². The predicted molar refractivity (Wildman–Crippen MR) is 83.4 cm³/mol. The fourth-order valence-corrected chi connectivity index (χ4v) is 2.01. The standard InChI is InChI=1S/C17H19N3O2.Co/c1-10(2)14-8-21-16(19-14)12-6-5-7-13(18-12)17-20-15(9-22-17)11(3)4;/h5-11H,1-4H3;. The van der Waals surface area contributed by atoms with Crippen molar-refractivity contribution >= 4 is 0 Å².